The molecule has 0 aliphatic carbocycles. The molecule has 114 valence electrons. The number of halogens is 3. The molecule has 1 fully saturated rings. The maximum Gasteiger partial charge on any atom is 0.246 e. The molecule has 0 amide bonds. The first-order chi connectivity index (χ1) is 8.96. The topological polar surface area (TPSA) is 49.4 Å². The van der Waals surface area contributed by atoms with Gasteiger partial charge in [-0.1, -0.05) is 11.6 Å². The van der Waals surface area contributed by atoms with E-state index in [0.29, 0.717) is 13.1 Å². The first-order valence-electron chi connectivity index (χ1n) is 6.08. The van der Waals surface area contributed by atoms with Crippen molar-refractivity contribution in [2.75, 3.05) is 20.1 Å². The van der Waals surface area contributed by atoms with Gasteiger partial charge in [0.05, 0.1) is 0 Å². The van der Waals surface area contributed by atoms with E-state index in [2.05, 4.69) is 5.32 Å². The minimum Gasteiger partial charge on any atom is -0.318 e. The number of nitrogens with one attached hydrogen (secondary N) is 1. The molecular formula is C12H17Cl2FN2O2S. The molecular weight excluding hydrogens is 326 g/mol. The van der Waals surface area contributed by atoms with Crippen molar-refractivity contribution in [2.24, 2.45) is 0 Å². The van der Waals surface area contributed by atoms with Gasteiger partial charge in [0.15, 0.2) is 0 Å². The zero-order chi connectivity index (χ0) is 14.0. The third kappa shape index (κ3) is 3.43. The van der Waals surface area contributed by atoms with Crippen molar-refractivity contribution in [2.45, 2.75) is 23.8 Å². The number of nitrogens with zero attached hydrogens (tertiary/aromatic N) is 1. The first kappa shape index (κ1) is 17.7. The van der Waals surface area contributed by atoms with Crippen molar-refractivity contribution in [1.29, 1.82) is 0 Å². The van der Waals surface area contributed by atoms with Crippen molar-refractivity contribution in [3.63, 3.8) is 0 Å². The van der Waals surface area contributed by atoms with Crippen LogP contribution >= 0.6 is 24.0 Å². The molecule has 0 radical (unpaired) electrons. The largest absolute Gasteiger partial charge is 0.318 e. The van der Waals surface area contributed by atoms with E-state index in [1.807, 2.05) is 0 Å². The molecule has 1 saturated heterocycles. The van der Waals surface area contributed by atoms with Gasteiger partial charge in [-0.15, -0.1) is 12.4 Å². The molecule has 1 heterocycles. The summed E-state index contributed by atoms with van der Waals surface area (Å²) in [4.78, 5) is -0.344. The molecule has 4 nitrogen and oxygen atoms in total. The Hall–Kier alpha value is -0.400. The van der Waals surface area contributed by atoms with Crippen LogP contribution in [-0.4, -0.2) is 38.9 Å². The Labute approximate surface area is 129 Å². The molecule has 1 aromatic carbocycles. The van der Waals surface area contributed by atoms with E-state index in [9.17, 15) is 12.8 Å². The van der Waals surface area contributed by atoms with Crippen LogP contribution in [0.4, 0.5) is 4.39 Å². The van der Waals surface area contributed by atoms with Crippen molar-refractivity contribution >= 4 is 34.0 Å². The molecule has 1 unspecified atom stereocenters. The fraction of sp³-hybridized carbons (Fsp3) is 0.500. The highest BCUT2D eigenvalue weighted by Crippen LogP contribution is 2.28. The molecule has 0 saturated carbocycles. The monoisotopic (exact) mass is 342 g/mol. The summed E-state index contributed by atoms with van der Waals surface area (Å²) in [5.74, 6) is -0.764. The minimum absolute atomic E-state index is 0. The summed E-state index contributed by atoms with van der Waals surface area (Å²) in [6.07, 6.45) is 1.57. The van der Waals surface area contributed by atoms with Crippen LogP contribution in [-0.2, 0) is 10.0 Å². The van der Waals surface area contributed by atoms with E-state index in [1.54, 1.807) is 7.05 Å². The van der Waals surface area contributed by atoms with Crippen LogP contribution in [0, 0.1) is 5.82 Å². The Morgan fingerprint density at radius 2 is 2.20 bits per heavy atom. The van der Waals surface area contributed by atoms with Crippen LogP contribution in [0.5, 0.6) is 0 Å². The Morgan fingerprint density at radius 3 is 2.85 bits per heavy atom. The zero-order valence-electron chi connectivity index (χ0n) is 11.0. The third-order valence-electron chi connectivity index (χ3n) is 3.24. The standard InChI is InChI=1S/C12H16ClFN2O2S.ClH/c1-15-8-10-3-2-6-16(10)19(17,18)12-7-9(13)4-5-11(12)14;/h4-5,7,10,15H,2-3,6,8H2,1H3;1H. The summed E-state index contributed by atoms with van der Waals surface area (Å²) in [6, 6.07) is 3.46. The third-order valence-corrected chi connectivity index (χ3v) is 5.44. The molecule has 1 aromatic rings. The molecule has 1 N–H and O–H groups in total. The lowest BCUT2D eigenvalue weighted by Crippen LogP contribution is -2.41. The maximum absolute atomic E-state index is 13.8. The summed E-state index contributed by atoms with van der Waals surface area (Å²) in [5, 5.41) is 3.18. The Kier molecular flexibility index (Phi) is 6.22. The lowest BCUT2D eigenvalue weighted by Gasteiger charge is -2.24. The summed E-state index contributed by atoms with van der Waals surface area (Å²) < 4.78 is 40.1. The Bertz CT molecular complexity index is 569. The molecule has 0 spiro atoms. The van der Waals surface area contributed by atoms with Crippen LogP contribution in [0.25, 0.3) is 0 Å². The van der Waals surface area contributed by atoms with Gasteiger partial charge in [-0.3, -0.25) is 0 Å². The van der Waals surface area contributed by atoms with Gasteiger partial charge < -0.3 is 5.32 Å². The average molecular weight is 343 g/mol. The van der Waals surface area contributed by atoms with Crippen LogP contribution in [0.15, 0.2) is 23.1 Å². The van der Waals surface area contributed by atoms with E-state index in [-0.39, 0.29) is 28.4 Å². The molecule has 0 aromatic heterocycles. The van der Waals surface area contributed by atoms with E-state index < -0.39 is 15.8 Å². The van der Waals surface area contributed by atoms with Crippen LogP contribution in [0.3, 0.4) is 0 Å². The highest BCUT2D eigenvalue weighted by atomic mass is 35.5. The van der Waals surface area contributed by atoms with Gasteiger partial charge in [-0.05, 0) is 38.1 Å². The van der Waals surface area contributed by atoms with Gasteiger partial charge in [-0.25, -0.2) is 12.8 Å². The average Bonchev–Trinajstić information content (AvgIpc) is 2.81. The van der Waals surface area contributed by atoms with Gasteiger partial charge in [0.1, 0.15) is 10.7 Å². The lowest BCUT2D eigenvalue weighted by atomic mass is 10.2. The van der Waals surface area contributed by atoms with Crippen molar-refractivity contribution in [3.05, 3.63) is 29.0 Å². The quantitative estimate of drug-likeness (QED) is 0.913. The second kappa shape index (κ2) is 7.04. The van der Waals surface area contributed by atoms with E-state index in [1.165, 1.54) is 16.4 Å². The number of benzene rings is 1. The fourth-order valence-corrected chi connectivity index (χ4v) is 4.39. The summed E-state index contributed by atoms with van der Waals surface area (Å²) in [7, 11) is -2.06. The minimum atomic E-state index is -3.83. The van der Waals surface area contributed by atoms with E-state index in [0.717, 1.165) is 18.9 Å². The highest BCUT2D eigenvalue weighted by Gasteiger charge is 2.36. The lowest BCUT2D eigenvalue weighted by molar-refractivity contribution is 0.377. The van der Waals surface area contributed by atoms with Gasteiger partial charge in [0, 0.05) is 24.2 Å². The van der Waals surface area contributed by atoms with Gasteiger partial charge in [-0.2, -0.15) is 4.31 Å². The maximum atomic E-state index is 13.8. The van der Waals surface area contributed by atoms with Crippen LogP contribution in [0.2, 0.25) is 5.02 Å². The molecule has 1 atom stereocenters. The SMILES string of the molecule is CNCC1CCCN1S(=O)(=O)c1cc(Cl)ccc1F.Cl. The molecule has 2 rings (SSSR count). The van der Waals surface area contributed by atoms with Crippen LogP contribution < -0.4 is 5.32 Å². The van der Waals surface area contributed by atoms with Gasteiger partial charge in [0.2, 0.25) is 10.0 Å². The number of rotatable bonds is 4. The Morgan fingerprint density at radius 1 is 1.50 bits per heavy atom. The highest BCUT2D eigenvalue weighted by molar-refractivity contribution is 7.89. The van der Waals surface area contributed by atoms with E-state index in [4.69, 9.17) is 11.6 Å². The predicted molar refractivity (Wildman–Crippen MR) is 79.5 cm³/mol. The number of likely N-dealkylation sites (N-methyl/N-ethyl adjacent to an activating group) is 1. The second-order valence-corrected chi connectivity index (χ2v) is 6.84. The zero-order valence-corrected chi connectivity index (χ0v) is 13.4. The van der Waals surface area contributed by atoms with Crippen molar-refractivity contribution in [1.82, 2.24) is 9.62 Å². The molecule has 1 aliphatic heterocycles. The normalized spacial score (nSPS) is 19.9. The summed E-state index contributed by atoms with van der Waals surface area (Å²) in [5.41, 5.74) is 0. The van der Waals surface area contributed by atoms with Crippen LogP contribution in [0.1, 0.15) is 12.8 Å². The fourth-order valence-electron chi connectivity index (χ4n) is 2.37. The number of sulfonamides is 1. The van der Waals surface area contributed by atoms with Gasteiger partial charge >= 0.3 is 0 Å². The predicted octanol–water partition coefficient (Wildman–Crippen LogP) is 2.27. The van der Waals surface area contributed by atoms with Crippen molar-refractivity contribution < 1.29 is 12.8 Å². The molecule has 1 aliphatic rings. The van der Waals surface area contributed by atoms with Crippen molar-refractivity contribution in [3.8, 4) is 0 Å². The van der Waals surface area contributed by atoms with E-state index >= 15 is 0 Å². The summed E-state index contributed by atoms with van der Waals surface area (Å²) in [6.45, 7) is 0.974. The smallest absolute Gasteiger partial charge is 0.246 e. The second-order valence-electron chi connectivity index (χ2n) is 4.54. The summed E-state index contributed by atoms with van der Waals surface area (Å²) >= 11 is 5.77. The number of hydrogen-bond donors (Lipinski definition) is 1. The van der Waals surface area contributed by atoms with Gasteiger partial charge in [0.25, 0.3) is 0 Å². The Balaban J connectivity index is 0.00000200. The molecule has 20 heavy (non-hydrogen) atoms. The number of hydrogen-bond acceptors (Lipinski definition) is 3. The first-order valence-corrected chi connectivity index (χ1v) is 7.90. The molecule has 8 heteroatoms. The molecule has 0 bridgehead atoms.